The number of aryl methyl sites for hydroxylation is 2. The molecule has 1 unspecified atom stereocenters. The van der Waals surface area contributed by atoms with Crippen LogP contribution in [0.25, 0.3) is 0 Å². The van der Waals surface area contributed by atoms with E-state index in [9.17, 15) is 4.79 Å². The third kappa shape index (κ3) is 1.84. The summed E-state index contributed by atoms with van der Waals surface area (Å²) in [5.74, 6) is 0.168. The van der Waals surface area contributed by atoms with Crippen LogP contribution in [0.2, 0.25) is 0 Å². The second-order valence-electron chi connectivity index (χ2n) is 5.06. The van der Waals surface area contributed by atoms with Crippen molar-refractivity contribution in [3.05, 3.63) is 17.0 Å². The van der Waals surface area contributed by atoms with E-state index in [1.165, 1.54) is 11.3 Å². The molecule has 1 amide bonds. The summed E-state index contributed by atoms with van der Waals surface area (Å²) in [4.78, 5) is 11.3. The van der Waals surface area contributed by atoms with E-state index in [2.05, 4.69) is 24.3 Å². The molecule has 0 radical (unpaired) electrons. The van der Waals surface area contributed by atoms with E-state index in [0.29, 0.717) is 6.42 Å². The lowest BCUT2D eigenvalue weighted by molar-refractivity contribution is -0.119. The van der Waals surface area contributed by atoms with Gasteiger partial charge in [0.15, 0.2) is 0 Å². The zero-order valence-corrected chi connectivity index (χ0v) is 10.4. The molecule has 0 spiro atoms. The van der Waals surface area contributed by atoms with Gasteiger partial charge in [-0.1, -0.05) is 0 Å². The first kappa shape index (κ1) is 11.2. The second kappa shape index (κ2) is 3.61. The number of carbonyl (C=O) groups is 1. The average molecular weight is 221 g/mol. The van der Waals surface area contributed by atoms with Crippen molar-refractivity contribution in [2.24, 2.45) is 7.05 Å². The Hall–Kier alpha value is -1.32. The topological polar surface area (TPSA) is 46.9 Å². The van der Waals surface area contributed by atoms with Crippen LogP contribution in [-0.2, 0) is 18.3 Å². The van der Waals surface area contributed by atoms with Gasteiger partial charge < -0.3 is 5.32 Å². The van der Waals surface area contributed by atoms with E-state index in [1.54, 1.807) is 0 Å². The number of nitrogens with zero attached hydrogens (tertiary/aromatic N) is 2. The molecule has 1 N–H and O–H groups in total. The van der Waals surface area contributed by atoms with Gasteiger partial charge in [-0.3, -0.25) is 9.48 Å². The lowest BCUT2D eigenvalue weighted by Crippen LogP contribution is -2.40. The second-order valence-corrected chi connectivity index (χ2v) is 5.06. The van der Waals surface area contributed by atoms with Crippen LogP contribution in [0.5, 0.6) is 0 Å². The molecule has 0 aliphatic carbocycles. The molecule has 0 bridgehead atoms. The minimum absolute atomic E-state index is 0.0877. The van der Waals surface area contributed by atoms with Gasteiger partial charge in [0.05, 0.1) is 5.69 Å². The van der Waals surface area contributed by atoms with Gasteiger partial charge in [-0.2, -0.15) is 5.10 Å². The molecule has 1 atom stereocenters. The van der Waals surface area contributed by atoms with Crippen LogP contribution in [-0.4, -0.2) is 21.2 Å². The molecule has 1 aromatic rings. The van der Waals surface area contributed by atoms with Crippen molar-refractivity contribution in [3.8, 4) is 0 Å². The molecule has 1 saturated heterocycles. The number of hydrogen-bond donors (Lipinski definition) is 1. The third-order valence-corrected chi connectivity index (χ3v) is 3.57. The molecule has 1 fully saturated rings. The zero-order chi connectivity index (χ0) is 11.9. The maximum Gasteiger partial charge on any atom is 0.220 e. The SMILES string of the molecule is Cc1nn(C)c(C)c1CC1(C)CCC(=O)N1. The van der Waals surface area contributed by atoms with E-state index in [4.69, 9.17) is 0 Å². The van der Waals surface area contributed by atoms with Gasteiger partial charge in [0.2, 0.25) is 5.91 Å². The molecular formula is C12H19N3O. The van der Waals surface area contributed by atoms with E-state index in [1.807, 2.05) is 18.7 Å². The third-order valence-electron chi connectivity index (χ3n) is 3.57. The number of rotatable bonds is 2. The highest BCUT2D eigenvalue weighted by Crippen LogP contribution is 2.26. The maximum absolute atomic E-state index is 11.3. The summed E-state index contributed by atoms with van der Waals surface area (Å²) in [5, 5.41) is 7.47. The molecule has 88 valence electrons. The van der Waals surface area contributed by atoms with Crippen molar-refractivity contribution in [2.75, 3.05) is 0 Å². The first-order chi connectivity index (χ1) is 7.41. The van der Waals surface area contributed by atoms with E-state index in [0.717, 1.165) is 18.5 Å². The molecule has 1 aliphatic heterocycles. The molecule has 4 nitrogen and oxygen atoms in total. The van der Waals surface area contributed by atoms with Gasteiger partial charge >= 0.3 is 0 Å². The van der Waals surface area contributed by atoms with Gasteiger partial charge in [0.1, 0.15) is 0 Å². The van der Waals surface area contributed by atoms with Crippen LogP contribution in [0.3, 0.4) is 0 Å². The molecule has 0 saturated carbocycles. The first-order valence-corrected chi connectivity index (χ1v) is 5.71. The zero-order valence-electron chi connectivity index (χ0n) is 10.4. The molecule has 0 aromatic carbocycles. The van der Waals surface area contributed by atoms with Gasteiger partial charge in [0, 0.05) is 24.7 Å². The summed E-state index contributed by atoms with van der Waals surface area (Å²) >= 11 is 0. The average Bonchev–Trinajstić information content (AvgIpc) is 2.63. The van der Waals surface area contributed by atoms with E-state index in [-0.39, 0.29) is 11.4 Å². The highest BCUT2D eigenvalue weighted by molar-refractivity contribution is 5.79. The lowest BCUT2D eigenvalue weighted by Gasteiger charge is -2.24. The summed E-state index contributed by atoms with van der Waals surface area (Å²) in [6.45, 7) is 6.22. The summed E-state index contributed by atoms with van der Waals surface area (Å²) in [5.41, 5.74) is 3.45. The quantitative estimate of drug-likeness (QED) is 0.817. The summed E-state index contributed by atoms with van der Waals surface area (Å²) in [7, 11) is 1.96. The number of nitrogens with one attached hydrogen (secondary N) is 1. The molecule has 16 heavy (non-hydrogen) atoms. The molecule has 1 aromatic heterocycles. The monoisotopic (exact) mass is 221 g/mol. The van der Waals surface area contributed by atoms with Crippen LogP contribution in [0.4, 0.5) is 0 Å². The minimum Gasteiger partial charge on any atom is -0.351 e. The Morgan fingerprint density at radius 2 is 2.19 bits per heavy atom. The Morgan fingerprint density at radius 3 is 2.62 bits per heavy atom. The highest BCUT2D eigenvalue weighted by atomic mass is 16.2. The van der Waals surface area contributed by atoms with Crippen molar-refractivity contribution in [2.45, 2.75) is 45.6 Å². The number of carbonyl (C=O) groups excluding carboxylic acids is 1. The summed E-state index contributed by atoms with van der Waals surface area (Å²) in [6.07, 6.45) is 2.44. The van der Waals surface area contributed by atoms with Gasteiger partial charge in [0.25, 0.3) is 0 Å². The Kier molecular flexibility index (Phi) is 2.52. The number of aromatic nitrogens is 2. The fourth-order valence-electron chi connectivity index (χ4n) is 2.45. The smallest absolute Gasteiger partial charge is 0.220 e. The summed E-state index contributed by atoms with van der Waals surface area (Å²) in [6, 6.07) is 0. The molecule has 1 aliphatic rings. The first-order valence-electron chi connectivity index (χ1n) is 5.71. The largest absolute Gasteiger partial charge is 0.351 e. The predicted molar refractivity (Wildman–Crippen MR) is 62.2 cm³/mol. The van der Waals surface area contributed by atoms with Crippen molar-refractivity contribution in [3.63, 3.8) is 0 Å². The summed E-state index contributed by atoms with van der Waals surface area (Å²) < 4.78 is 1.91. The molecule has 2 rings (SSSR count). The minimum atomic E-state index is -0.0877. The van der Waals surface area contributed by atoms with Gasteiger partial charge in [-0.15, -0.1) is 0 Å². The standard InChI is InChI=1S/C12H19N3O/c1-8-10(9(2)15(4)14-8)7-12(3)6-5-11(16)13-12/h5-7H2,1-4H3,(H,13,16). The van der Waals surface area contributed by atoms with E-state index < -0.39 is 0 Å². The normalized spacial score (nSPS) is 24.9. The Morgan fingerprint density at radius 1 is 1.50 bits per heavy atom. The van der Waals surface area contributed by atoms with Crippen molar-refractivity contribution < 1.29 is 4.79 Å². The predicted octanol–water partition coefficient (Wildman–Crippen LogP) is 1.25. The molecule has 2 heterocycles. The Balaban J connectivity index is 2.24. The van der Waals surface area contributed by atoms with E-state index >= 15 is 0 Å². The lowest BCUT2D eigenvalue weighted by atomic mass is 9.90. The fourth-order valence-corrected chi connectivity index (χ4v) is 2.45. The van der Waals surface area contributed by atoms with Crippen LogP contribution in [0, 0.1) is 13.8 Å². The highest BCUT2D eigenvalue weighted by Gasteiger charge is 2.34. The van der Waals surface area contributed by atoms with Crippen LogP contribution < -0.4 is 5.32 Å². The van der Waals surface area contributed by atoms with Crippen LogP contribution >= 0.6 is 0 Å². The Bertz CT molecular complexity index is 436. The van der Waals surface area contributed by atoms with Crippen LogP contribution in [0.15, 0.2) is 0 Å². The maximum atomic E-state index is 11.3. The van der Waals surface area contributed by atoms with Crippen LogP contribution in [0.1, 0.15) is 36.7 Å². The fraction of sp³-hybridized carbons (Fsp3) is 0.667. The number of hydrogen-bond acceptors (Lipinski definition) is 2. The molecule has 4 heteroatoms. The number of amides is 1. The van der Waals surface area contributed by atoms with Crippen molar-refractivity contribution in [1.29, 1.82) is 0 Å². The van der Waals surface area contributed by atoms with Crippen molar-refractivity contribution >= 4 is 5.91 Å². The van der Waals surface area contributed by atoms with Crippen molar-refractivity contribution in [1.82, 2.24) is 15.1 Å². The van der Waals surface area contributed by atoms with Gasteiger partial charge in [-0.05, 0) is 39.2 Å². The molecular weight excluding hydrogens is 202 g/mol. The van der Waals surface area contributed by atoms with Gasteiger partial charge in [-0.25, -0.2) is 0 Å². The Labute approximate surface area is 96.0 Å².